The van der Waals surface area contributed by atoms with Crippen molar-refractivity contribution in [3.05, 3.63) is 42.0 Å². The number of aromatic nitrogens is 3. The summed E-state index contributed by atoms with van der Waals surface area (Å²) in [6, 6.07) is 9.45. The van der Waals surface area contributed by atoms with Crippen molar-refractivity contribution in [2.75, 3.05) is 18.0 Å². The first-order valence-electron chi connectivity index (χ1n) is 10.8. The zero-order valence-corrected chi connectivity index (χ0v) is 18.6. The van der Waals surface area contributed by atoms with Crippen LogP contribution >= 0.6 is 0 Å². The number of anilines is 1. The van der Waals surface area contributed by atoms with Gasteiger partial charge in [0.2, 0.25) is 0 Å². The molecule has 0 radical (unpaired) electrons. The smallest absolute Gasteiger partial charge is 0.195 e. The lowest BCUT2D eigenvalue weighted by molar-refractivity contribution is 0.373. The molecule has 4 heterocycles. The van der Waals surface area contributed by atoms with Crippen LogP contribution in [-0.2, 0) is 0 Å². The maximum atomic E-state index is 14.6. The molecule has 1 aromatic carbocycles. The highest BCUT2D eigenvalue weighted by Gasteiger charge is 2.27. The maximum Gasteiger partial charge on any atom is 0.195 e. The molecule has 5 rings (SSSR count). The van der Waals surface area contributed by atoms with Gasteiger partial charge in [-0.2, -0.15) is 0 Å². The number of rotatable bonds is 3. The number of aromatic hydroxyl groups is 1. The molecule has 32 heavy (non-hydrogen) atoms. The van der Waals surface area contributed by atoms with Crippen LogP contribution in [0.1, 0.15) is 33.1 Å². The number of hydrogen-bond acceptors (Lipinski definition) is 7. The molecule has 0 bridgehead atoms. The summed E-state index contributed by atoms with van der Waals surface area (Å²) >= 11 is 0. The zero-order valence-electron chi connectivity index (χ0n) is 18.6. The summed E-state index contributed by atoms with van der Waals surface area (Å²) in [5.74, 6) is -0.0490. The van der Waals surface area contributed by atoms with Crippen molar-refractivity contribution in [3.63, 3.8) is 0 Å². The van der Waals surface area contributed by atoms with Crippen LogP contribution in [0, 0.1) is 12.7 Å². The second-order valence-corrected chi connectivity index (χ2v) is 9.40. The van der Waals surface area contributed by atoms with E-state index in [1.807, 2.05) is 18.2 Å². The van der Waals surface area contributed by atoms with Gasteiger partial charge in [-0.05, 0) is 57.5 Å². The van der Waals surface area contributed by atoms with Gasteiger partial charge >= 0.3 is 0 Å². The van der Waals surface area contributed by atoms with Crippen molar-refractivity contribution >= 4 is 28.0 Å². The highest BCUT2D eigenvalue weighted by molar-refractivity contribution is 5.87. The lowest BCUT2D eigenvalue weighted by Crippen LogP contribution is -2.44. The van der Waals surface area contributed by atoms with E-state index in [1.54, 1.807) is 19.1 Å². The molecule has 0 saturated carbocycles. The molecule has 166 valence electrons. The van der Waals surface area contributed by atoms with E-state index in [9.17, 15) is 9.50 Å². The Morgan fingerprint density at radius 1 is 1.12 bits per heavy atom. The van der Waals surface area contributed by atoms with E-state index >= 15 is 0 Å². The monoisotopic (exact) mass is 435 g/mol. The Hall–Kier alpha value is -3.26. The largest absolute Gasteiger partial charge is 0.504 e. The van der Waals surface area contributed by atoms with Crippen molar-refractivity contribution in [2.45, 2.75) is 45.7 Å². The van der Waals surface area contributed by atoms with Crippen molar-refractivity contribution in [1.29, 1.82) is 0 Å². The van der Waals surface area contributed by atoms with E-state index in [-0.39, 0.29) is 22.2 Å². The lowest BCUT2D eigenvalue weighted by Gasteiger charge is -2.26. The fraction of sp³-hybridized carbons (Fsp3) is 0.375. The average Bonchev–Trinajstić information content (AvgIpc) is 3.34. The SMILES string of the molecule is Cc1nc2c(F)c(O)c(-c3ccc4nc(N5CC[C@H](NC(C)(C)C)C5)ccc4n3)cc2o1. The first-order chi connectivity index (χ1) is 15.2. The zero-order chi connectivity index (χ0) is 22.6. The minimum absolute atomic E-state index is 0.0146. The third kappa shape index (κ3) is 3.75. The van der Waals surface area contributed by atoms with E-state index in [0.717, 1.165) is 30.8 Å². The Labute approximate surface area is 185 Å². The van der Waals surface area contributed by atoms with Crippen LogP contribution in [0.4, 0.5) is 10.2 Å². The van der Waals surface area contributed by atoms with Crippen molar-refractivity contribution in [2.24, 2.45) is 0 Å². The Bertz CT molecular complexity index is 1330. The normalized spacial score (nSPS) is 17.0. The summed E-state index contributed by atoms with van der Waals surface area (Å²) in [6.07, 6.45) is 1.07. The van der Waals surface area contributed by atoms with Gasteiger partial charge in [-0.15, -0.1) is 0 Å². The minimum atomic E-state index is -0.808. The molecule has 0 spiro atoms. The van der Waals surface area contributed by atoms with E-state index in [1.165, 1.54) is 0 Å². The van der Waals surface area contributed by atoms with Crippen LogP contribution in [0.15, 0.2) is 34.7 Å². The Morgan fingerprint density at radius 2 is 1.88 bits per heavy atom. The first-order valence-corrected chi connectivity index (χ1v) is 10.8. The number of nitrogens with one attached hydrogen (secondary N) is 1. The number of hydrogen-bond donors (Lipinski definition) is 2. The highest BCUT2D eigenvalue weighted by Crippen LogP contribution is 2.36. The second-order valence-electron chi connectivity index (χ2n) is 9.40. The summed E-state index contributed by atoms with van der Waals surface area (Å²) in [7, 11) is 0. The van der Waals surface area contributed by atoms with Gasteiger partial charge in [0.05, 0.1) is 16.7 Å². The number of phenols is 1. The molecule has 8 heteroatoms. The van der Waals surface area contributed by atoms with Gasteiger partial charge < -0.3 is 19.7 Å². The van der Waals surface area contributed by atoms with Crippen LogP contribution in [0.25, 0.3) is 33.4 Å². The number of pyridine rings is 2. The Morgan fingerprint density at radius 3 is 2.66 bits per heavy atom. The van der Waals surface area contributed by atoms with Gasteiger partial charge in [-0.25, -0.2) is 19.3 Å². The molecular formula is C24H26FN5O2. The lowest BCUT2D eigenvalue weighted by atomic mass is 10.1. The first kappa shape index (κ1) is 20.6. The van der Waals surface area contributed by atoms with E-state index in [4.69, 9.17) is 9.40 Å². The third-order valence-electron chi connectivity index (χ3n) is 5.66. The molecule has 1 aliphatic rings. The second kappa shape index (κ2) is 7.41. The van der Waals surface area contributed by atoms with Crippen LogP contribution in [-0.4, -0.2) is 44.7 Å². The molecule has 2 N–H and O–H groups in total. The van der Waals surface area contributed by atoms with Gasteiger partial charge in [0, 0.05) is 37.2 Å². The summed E-state index contributed by atoms with van der Waals surface area (Å²) < 4.78 is 20.1. The molecule has 1 aliphatic heterocycles. The summed E-state index contributed by atoms with van der Waals surface area (Å²) in [5.41, 5.74) is 2.48. The van der Waals surface area contributed by atoms with E-state index in [2.05, 4.69) is 41.0 Å². The number of aryl methyl sites for hydroxylation is 1. The fourth-order valence-electron chi connectivity index (χ4n) is 4.35. The number of halogens is 1. The number of phenolic OH excluding ortho intramolecular Hbond substituents is 1. The van der Waals surface area contributed by atoms with Crippen LogP contribution in [0.5, 0.6) is 5.75 Å². The molecule has 3 aromatic heterocycles. The van der Waals surface area contributed by atoms with Crippen molar-refractivity contribution in [3.8, 4) is 17.0 Å². The molecule has 1 saturated heterocycles. The summed E-state index contributed by atoms with van der Waals surface area (Å²) in [5, 5.41) is 14.1. The quantitative estimate of drug-likeness (QED) is 0.488. The Balaban J connectivity index is 1.45. The van der Waals surface area contributed by atoms with Crippen molar-refractivity contribution in [1.82, 2.24) is 20.3 Å². The van der Waals surface area contributed by atoms with E-state index < -0.39 is 11.6 Å². The third-order valence-corrected chi connectivity index (χ3v) is 5.66. The molecule has 1 atom stereocenters. The minimum Gasteiger partial charge on any atom is -0.504 e. The topological polar surface area (TPSA) is 87.3 Å². The van der Waals surface area contributed by atoms with Crippen LogP contribution < -0.4 is 10.2 Å². The number of benzene rings is 1. The predicted octanol–water partition coefficient (Wildman–Crippen LogP) is 4.56. The van der Waals surface area contributed by atoms with Gasteiger partial charge in [-0.1, -0.05) is 0 Å². The molecular weight excluding hydrogens is 409 g/mol. The number of oxazole rings is 1. The van der Waals surface area contributed by atoms with Gasteiger partial charge in [0.15, 0.2) is 23.0 Å². The summed E-state index contributed by atoms with van der Waals surface area (Å²) in [4.78, 5) is 15.7. The number of fused-ring (bicyclic) bond motifs is 2. The Kier molecular flexibility index (Phi) is 4.78. The van der Waals surface area contributed by atoms with Crippen LogP contribution in [0.2, 0.25) is 0 Å². The average molecular weight is 436 g/mol. The molecule has 4 aromatic rings. The van der Waals surface area contributed by atoms with Gasteiger partial charge in [0.25, 0.3) is 0 Å². The molecule has 1 fully saturated rings. The van der Waals surface area contributed by atoms with Gasteiger partial charge in [0.1, 0.15) is 11.3 Å². The number of nitrogens with zero attached hydrogens (tertiary/aromatic N) is 4. The summed E-state index contributed by atoms with van der Waals surface area (Å²) in [6.45, 7) is 10.0. The fourth-order valence-corrected chi connectivity index (χ4v) is 4.35. The van der Waals surface area contributed by atoms with E-state index in [0.29, 0.717) is 23.1 Å². The standard InChI is InChI=1S/C24H26FN5O2/c1-13-26-22-19(32-13)11-15(23(31)21(22)25)16-5-6-18-17(27-16)7-8-20(28-18)30-10-9-14(12-30)29-24(2,3)4/h5-8,11,14,29,31H,9-10,12H2,1-4H3/t14-/m0/s1. The highest BCUT2D eigenvalue weighted by atomic mass is 19.1. The molecule has 0 aliphatic carbocycles. The molecule has 0 unspecified atom stereocenters. The van der Waals surface area contributed by atoms with Crippen molar-refractivity contribution < 1.29 is 13.9 Å². The molecule has 7 nitrogen and oxygen atoms in total. The maximum absolute atomic E-state index is 14.6. The molecule has 0 amide bonds. The van der Waals surface area contributed by atoms with Crippen LogP contribution in [0.3, 0.4) is 0 Å². The predicted molar refractivity (Wildman–Crippen MR) is 122 cm³/mol. The van der Waals surface area contributed by atoms with Gasteiger partial charge in [-0.3, -0.25) is 0 Å².